The number of carboxylic acid groups (broad SMARTS) is 2. The van der Waals surface area contributed by atoms with Crippen molar-refractivity contribution in [3.63, 3.8) is 0 Å². The number of aromatic nitrogens is 2. The first kappa shape index (κ1) is 61.2. The van der Waals surface area contributed by atoms with Crippen LogP contribution in [-0.4, -0.2) is 74.5 Å². The van der Waals surface area contributed by atoms with Crippen molar-refractivity contribution in [1.82, 2.24) is 19.4 Å². The first-order valence-corrected chi connectivity index (χ1v) is 29.6. The Morgan fingerprint density at radius 3 is 2.19 bits per heavy atom. The third-order valence-corrected chi connectivity index (χ3v) is 16.8. The van der Waals surface area contributed by atoms with Crippen LogP contribution in [0, 0.1) is 25.7 Å². The lowest BCUT2D eigenvalue weighted by atomic mass is 9.87. The van der Waals surface area contributed by atoms with E-state index in [4.69, 9.17) is 25.2 Å². The third kappa shape index (κ3) is 12.1. The number of fused-ring (bicyclic) bond motifs is 4. The van der Waals surface area contributed by atoms with Crippen LogP contribution in [0.15, 0.2) is 145 Å². The number of ether oxygens (including phenoxy) is 1. The van der Waals surface area contributed by atoms with Gasteiger partial charge in [-0.3, -0.25) is 33.5 Å². The number of aromatic amines is 1. The second-order valence-electron chi connectivity index (χ2n) is 22.6. The van der Waals surface area contributed by atoms with Crippen LogP contribution in [0.1, 0.15) is 131 Å². The number of phenolic OH excluding ortho intramolecular Hbond substituents is 1. The predicted molar refractivity (Wildman–Crippen MR) is 340 cm³/mol. The van der Waals surface area contributed by atoms with Crippen molar-refractivity contribution in [2.75, 3.05) is 14.1 Å². The van der Waals surface area contributed by atoms with Crippen LogP contribution in [0.5, 0.6) is 5.75 Å². The number of nitrogens with zero attached hydrogens (tertiary/aromatic N) is 2. The van der Waals surface area contributed by atoms with Gasteiger partial charge in [0, 0.05) is 117 Å². The second kappa shape index (κ2) is 25.3. The Morgan fingerprint density at radius 2 is 1.46 bits per heavy atom. The van der Waals surface area contributed by atoms with Crippen LogP contribution in [0.2, 0.25) is 5.02 Å². The lowest BCUT2D eigenvalue weighted by Gasteiger charge is -2.20. The molecule has 19 heteroatoms. The lowest BCUT2D eigenvalue weighted by molar-refractivity contribution is -0.00214. The van der Waals surface area contributed by atoms with E-state index in [0.29, 0.717) is 61.9 Å². The van der Waals surface area contributed by atoms with Gasteiger partial charge in [0.25, 0.3) is 11.5 Å². The van der Waals surface area contributed by atoms with Crippen molar-refractivity contribution < 1.29 is 52.9 Å². The van der Waals surface area contributed by atoms with E-state index < -0.39 is 40.8 Å². The van der Waals surface area contributed by atoms with Crippen molar-refractivity contribution in [3.05, 3.63) is 219 Å². The number of aromatic hydroxyl groups is 1. The highest BCUT2D eigenvalue weighted by molar-refractivity contribution is 6.36. The van der Waals surface area contributed by atoms with E-state index in [-0.39, 0.29) is 129 Å². The Hall–Kier alpha value is -10.5. The van der Waals surface area contributed by atoms with Gasteiger partial charge in [-0.05, 0) is 116 Å². The summed E-state index contributed by atoms with van der Waals surface area (Å²) in [4.78, 5) is 108. The molecule has 18 nitrogen and oxygen atoms in total. The number of hydrogen-bond donors (Lipinski definition) is 5. The van der Waals surface area contributed by atoms with E-state index in [2.05, 4.69) is 22.1 Å². The summed E-state index contributed by atoms with van der Waals surface area (Å²) in [5.74, 6) is 2.35. The molecule has 5 aromatic carbocycles. The summed E-state index contributed by atoms with van der Waals surface area (Å²) >= 11 is 7.06. The number of ketones is 2. The summed E-state index contributed by atoms with van der Waals surface area (Å²) in [6, 6.07) is 30.4. The zero-order valence-corrected chi connectivity index (χ0v) is 50.4. The number of amides is 1. The summed E-state index contributed by atoms with van der Waals surface area (Å²) in [5, 5.41) is 37.5. The van der Waals surface area contributed by atoms with E-state index in [1.54, 1.807) is 31.2 Å². The van der Waals surface area contributed by atoms with Gasteiger partial charge in [-0.2, -0.15) is 0 Å². The van der Waals surface area contributed by atoms with Crippen LogP contribution in [0.25, 0.3) is 66.8 Å². The zero-order chi connectivity index (χ0) is 63.8. The van der Waals surface area contributed by atoms with Crippen molar-refractivity contribution >= 4 is 63.0 Å². The number of rotatable bonds is 17. The standard InChI is InChI=1S/C71H59ClN4O14/c1-6-45-20-29-61(88-45)76-36-42(67(81)74-71(76)87)10-8-7-9-11-55(78)41-17-22-46(69(83)84)53(31-41)63-48-24-19-44(77)33-60(48)90-66-47(57(80)28-26-51(63)66)25-27-56(79)40-15-13-39(14-16-40)35-73-68(82)52-34-54(72)65(62(38(52)3)70(85)86)64-49-21-12-37(2)30-58(49)89-59-32-43(75(4)5)18-23-50(59)64/h12-19,21-24,26,28,30-34,36,45,61H,6,9-11,20,25,27,29,35H2,1-5H3,(H4-,73,74,77,80,81,82,83,84,85,86,87)/p+1/t45-,61-/m1/s1. The SMILES string of the molecule is CC[C@@H]1CC[C@H](n2cc(CC#CCCC(=O)c3ccc(C(=O)O)c(-c4c5ccc(=O)cc-5oc5c(CCC(=O)c6ccc(CNC(=O)c7cc(Cl)c(-c8c9ccc(=[N+](C)C)cc-9oc9cc(C)ccc89)c(C(=O)O)c7C)cc6)c(O)ccc45)c3)c(=O)[nH]c2=O)O1. The Balaban J connectivity index is 0.807. The number of Topliss-reactive ketones (excluding diaryl/α,β-unsaturated/α-hetero) is 2. The van der Waals surface area contributed by atoms with Gasteiger partial charge in [-0.25, -0.2) is 19.0 Å². The van der Waals surface area contributed by atoms with Crippen molar-refractivity contribution in [3.8, 4) is 62.5 Å². The molecule has 2 atom stereocenters. The second-order valence-corrected chi connectivity index (χ2v) is 23.0. The first-order chi connectivity index (χ1) is 43.2. The Kier molecular flexibility index (Phi) is 17.2. The molecule has 0 unspecified atom stereocenters. The van der Waals surface area contributed by atoms with Gasteiger partial charge in [-0.1, -0.05) is 66.9 Å². The van der Waals surface area contributed by atoms with Gasteiger partial charge < -0.3 is 34.2 Å². The normalized spacial score (nSPS) is 13.8. The molecular weight excluding hydrogens is 1170 g/mol. The molecule has 1 fully saturated rings. The smallest absolute Gasteiger partial charge is 0.336 e. The number of carboxylic acids is 2. The van der Waals surface area contributed by atoms with Crippen molar-refractivity contribution in [1.29, 1.82) is 0 Å². The maximum atomic E-state index is 14.0. The van der Waals surface area contributed by atoms with Gasteiger partial charge in [0.15, 0.2) is 17.0 Å². The molecule has 90 heavy (non-hydrogen) atoms. The van der Waals surface area contributed by atoms with Gasteiger partial charge in [0.2, 0.25) is 5.36 Å². The first-order valence-electron chi connectivity index (χ1n) is 29.2. The van der Waals surface area contributed by atoms with Crippen LogP contribution < -0.4 is 31.9 Å². The molecule has 1 amide bonds. The molecule has 3 aliphatic heterocycles. The van der Waals surface area contributed by atoms with Crippen LogP contribution in [0.4, 0.5) is 0 Å². The van der Waals surface area contributed by atoms with Crippen LogP contribution in [-0.2, 0) is 24.1 Å². The number of carbonyl (C=O) groups excluding carboxylic acids is 3. The molecule has 6 aromatic rings. The fourth-order valence-corrected chi connectivity index (χ4v) is 12.0. The highest BCUT2D eigenvalue weighted by Gasteiger charge is 2.31. The summed E-state index contributed by atoms with van der Waals surface area (Å²) in [5.41, 5.74) is 3.67. The van der Waals surface area contributed by atoms with E-state index in [9.17, 15) is 53.7 Å². The number of carbonyl (C=O) groups is 5. The van der Waals surface area contributed by atoms with Crippen LogP contribution in [0.3, 0.4) is 0 Å². The average molecular weight is 1230 g/mol. The van der Waals surface area contributed by atoms with Crippen LogP contribution >= 0.6 is 11.6 Å². The number of halogens is 1. The molecule has 0 spiro atoms. The highest BCUT2D eigenvalue weighted by atomic mass is 35.5. The molecule has 5 aliphatic rings. The van der Waals surface area contributed by atoms with E-state index >= 15 is 0 Å². The largest absolute Gasteiger partial charge is 0.508 e. The number of H-pyrrole nitrogens is 1. The molecule has 0 saturated carbocycles. The summed E-state index contributed by atoms with van der Waals surface area (Å²) in [7, 11) is 3.81. The van der Waals surface area contributed by atoms with Crippen molar-refractivity contribution in [2.45, 2.75) is 91.0 Å². The quantitative estimate of drug-likeness (QED) is 0.0246. The topological polar surface area (TPSA) is 269 Å². The predicted octanol–water partition coefficient (Wildman–Crippen LogP) is 11.4. The Morgan fingerprint density at radius 1 is 0.733 bits per heavy atom. The summed E-state index contributed by atoms with van der Waals surface area (Å²) in [6.45, 7) is 5.49. The third-order valence-electron chi connectivity index (χ3n) is 16.5. The molecule has 4 heterocycles. The molecule has 11 rings (SSSR count). The maximum Gasteiger partial charge on any atom is 0.336 e. The molecular formula is C71H60ClN4O14+. The number of aryl methyl sites for hydroxylation is 2. The monoisotopic (exact) mass is 1230 g/mol. The molecule has 454 valence electrons. The maximum absolute atomic E-state index is 14.0. The molecule has 1 saturated heterocycles. The summed E-state index contributed by atoms with van der Waals surface area (Å²) in [6.07, 6.45) is 3.04. The van der Waals surface area contributed by atoms with E-state index in [1.807, 2.05) is 68.9 Å². The van der Waals surface area contributed by atoms with Gasteiger partial charge in [0.1, 0.15) is 48.8 Å². The number of aromatic carboxylic acids is 2. The lowest BCUT2D eigenvalue weighted by Crippen LogP contribution is -2.34. The number of hydrogen-bond acceptors (Lipinski definition) is 12. The average Bonchev–Trinajstić information content (AvgIpc) is 0.789. The van der Waals surface area contributed by atoms with Gasteiger partial charge in [0.05, 0.1) is 28.3 Å². The number of phenols is 1. The Labute approximate surface area is 519 Å². The van der Waals surface area contributed by atoms with Gasteiger partial charge >= 0.3 is 17.6 Å². The molecule has 2 aliphatic carbocycles. The minimum absolute atomic E-state index is 0.00220. The Bertz CT molecular complexity index is 4900. The zero-order valence-electron chi connectivity index (χ0n) is 49.7. The summed E-state index contributed by atoms with van der Waals surface area (Å²) < 4.78 is 22.0. The number of benzene rings is 7. The van der Waals surface area contributed by atoms with E-state index in [1.165, 1.54) is 65.4 Å². The molecule has 1 aromatic heterocycles. The molecule has 0 radical (unpaired) electrons. The fourth-order valence-electron chi connectivity index (χ4n) is 11.7. The minimum atomic E-state index is -1.31. The highest BCUT2D eigenvalue weighted by Crippen LogP contribution is 2.47. The molecule has 5 N–H and O–H groups in total. The fraction of sp³-hybridized carbons (Fsp3) is 0.225. The van der Waals surface area contributed by atoms with E-state index in [0.717, 1.165) is 23.8 Å². The minimum Gasteiger partial charge on any atom is -0.508 e. The van der Waals surface area contributed by atoms with Gasteiger partial charge in [-0.15, -0.1) is 5.92 Å². The van der Waals surface area contributed by atoms with Crippen molar-refractivity contribution in [2.24, 2.45) is 0 Å². The molecule has 0 bridgehead atoms. The number of nitrogens with one attached hydrogen (secondary N) is 2.